The van der Waals surface area contributed by atoms with Gasteiger partial charge in [0.1, 0.15) is 12.3 Å². The summed E-state index contributed by atoms with van der Waals surface area (Å²) in [7, 11) is 0. The minimum atomic E-state index is -0.0340. The third-order valence-electron chi connectivity index (χ3n) is 4.73. The summed E-state index contributed by atoms with van der Waals surface area (Å²) in [6.45, 7) is 4.75. The second-order valence-corrected chi connectivity index (χ2v) is 6.48. The maximum Gasteiger partial charge on any atom is 0.243 e. The van der Waals surface area contributed by atoms with E-state index in [4.69, 9.17) is 9.51 Å². The standard InChI is InChI=1S/C18H20N6O2/c1-12-17(13(2)26-22-12)18-20-6-5-14(21-18)15-4-3-8-24(15)16(25)10-23-9-7-19-11-23/h5-7,9,11,15H,3-4,8,10H2,1-2H3/t15-/m0/s1. The monoisotopic (exact) mass is 352 g/mol. The van der Waals surface area contributed by atoms with Gasteiger partial charge in [0.15, 0.2) is 5.82 Å². The van der Waals surface area contributed by atoms with E-state index < -0.39 is 0 Å². The zero-order valence-corrected chi connectivity index (χ0v) is 14.8. The maximum atomic E-state index is 12.7. The van der Waals surface area contributed by atoms with Gasteiger partial charge < -0.3 is 14.0 Å². The second kappa shape index (κ2) is 6.70. The van der Waals surface area contributed by atoms with Crippen LogP contribution in [0.25, 0.3) is 11.4 Å². The summed E-state index contributed by atoms with van der Waals surface area (Å²) >= 11 is 0. The van der Waals surface area contributed by atoms with Crippen molar-refractivity contribution in [2.75, 3.05) is 6.54 Å². The molecule has 1 aliphatic rings. The van der Waals surface area contributed by atoms with Crippen LogP contribution in [0.15, 0.2) is 35.5 Å². The van der Waals surface area contributed by atoms with Crippen molar-refractivity contribution in [2.24, 2.45) is 0 Å². The van der Waals surface area contributed by atoms with Crippen LogP contribution in [-0.2, 0) is 11.3 Å². The molecule has 1 aliphatic heterocycles. The van der Waals surface area contributed by atoms with Crippen molar-refractivity contribution in [1.29, 1.82) is 0 Å². The molecule has 0 aliphatic carbocycles. The van der Waals surface area contributed by atoms with Gasteiger partial charge >= 0.3 is 0 Å². The van der Waals surface area contributed by atoms with Crippen molar-refractivity contribution in [1.82, 2.24) is 29.6 Å². The first-order chi connectivity index (χ1) is 12.6. The highest BCUT2D eigenvalue weighted by Crippen LogP contribution is 2.32. The lowest BCUT2D eigenvalue weighted by Crippen LogP contribution is -2.33. The first kappa shape index (κ1) is 16.4. The molecule has 0 bridgehead atoms. The van der Waals surface area contributed by atoms with Gasteiger partial charge in [-0.25, -0.2) is 15.0 Å². The third-order valence-corrected chi connectivity index (χ3v) is 4.73. The number of aromatic nitrogens is 5. The average molecular weight is 352 g/mol. The largest absolute Gasteiger partial charge is 0.361 e. The highest BCUT2D eigenvalue weighted by molar-refractivity contribution is 5.76. The number of carbonyl (C=O) groups excluding carboxylic acids is 1. The van der Waals surface area contributed by atoms with Crippen LogP contribution in [-0.4, -0.2) is 42.0 Å². The van der Waals surface area contributed by atoms with Crippen molar-refractivity contribution >= 4 is 5.91 Å². The lowest BCUT2D eigenvalue weighted by atomic mass is 10.1. The Hall–Kier alpha value is -3.03. The van der Waals surface area contributed by atoms with Gasteiger partial charge in [-0.2, -0.15) is 0 Å². The number of carbonyl (C=O) groups is 1. The van der Waals surface area contributed by atoms with Crippen LogP contribution in [0.4, 0.5) is 0 Å². The summed E-state index contributed by atoms with van der Waals surface area (Å²) in [6, 6.07) is 1.85. The number of hydrogen-bond donors (Lipinski definition) is 0. The number of nitrogens with zero attached hydrogens (tertiary/aromatic N) is 6. The van der Waals surface area contributed by atoms with Gasteiger partial charge in [-0.05, 0) is 32.8 Å². The van der Waals surface area contributed by atoms with Gasteiger partial charge in [0, 0.05) is 25.1 Å². The van der Waals surface area contributed by atoms with E-state index in [0.29, 0.717) is 11.6 Å². The SMILES string of the molecule is Cc1noc(C)c1-c1nccc([C@@H]2CCCN2C(=O)Cn2ccnc2)n1. The van der Waals surface area contributed by atoms with E-state index in [1.165, 1.54) is 0 Å². The van der Waals surface area contributed by atoms with Gasteiger partial charge in [0.25, 0.3) is 0 Å². The topological polar surface area (TPSA) is 89.9 Å². The number of amides is 1. The molecule has 0 N–H and O–H groups in total. The Morgan fingerprint density at radius 3 is 2.96 bits per heavy atom. The van der Waals surface area contributed by atoms with Crippen molar-refractivity contribution < 1.29 is 9.32 Å². The van der Waals surface area contributed by atoms with E-state index in [9.17, 15) is 4.79 Å². The number of aryl methyl sites for hydroxylation is 2. The molecule has 26 heavy (non-hydrogen) atoms. The smallest absolute Gasteiger partial charge is 0.243 e. The Morgan fingerprint density at radius 2 is 2.23 bits per heavy atom. The predicted octanol–water partition coefficient (Wildman–Crippen LogP) is 2.31. The Bertz CT molecular complexity index is 898. The fourth-order valence-corrected chi connectivity index (χ4v) is 3.48. The van der Waals surface area contributed by atoms with E-state index in [1.807, 2.05) is 24.8 Å². The second-order valence-electron chi connectivity index (χ2n) is 6.48. The first-order valence-corrected chi connectivity index (χ1v) is 8.65. The van der Waals surface area contributed by atoms with E-state index in [2.05, 4.69) is 15.1 Å². The molecular weight excluding hydrogens is 332 g/mol. The molecule has 0 aromatic carbocycles. The summed E-state index contributed by atoms with van der Waals surface area (Å²) in [5.41, 5.74) is 2.44. The summed E-state index contributed by atoms with van der Waals surface area (Å²) in [5.74, 6) is 1.36. The van der Waals surface area contributed by atoms with Gasteiger partial charge in [0.2, 0.25) is 5.91 Å². The Balaban J connectivity index is 1.60. The summed E-state index contributed by atoms with van der Waals surface area (Å²) in [5, 5.41) is 3.98. The van der Waals surface area contributed by atoms with E-state index >= 15 is 0 Å². The molecule has 8 nitrogen and oxygen atoms in total. The zero-order valence-electron chi connectivity index (χ0n) is 14.8. The Kier molecular flexibility index (Phi) is 4.24. The lowest BCUT2D eigenvalue weighted by Gasteiger charge is -2.24. The Morgan fingerprint density at radius 1 is 1.35 bits per heavy atom. The van der Waals surface area contributed by atoms with Gasteiger partial charge in [-0.1, -0.05) is 5.16 Å². The van der Waals surface area contributed by atoms with Gasteiger partial charge in [-0.3, -0.25) is 4.79 Å². The molecule has 1 fully saturated rings. The van der Waals surface area contributed by atoms with Crippen molar-refractivity contribution in [2.45, 2.75) is 39.3 Å². The quantitative estimate of drug-likeness (QED) is 0.716. The molecular formula is C18H20N6O2. The molecule has 0 radical (unpaired) electrons. The molecule has 1 saturated heterocycles. The molecule has 0 spiro atoms. The molecule has 3 aromatic rings. The maximum absolute atomic E-state index is 12.7. The molecule has 4 rings (SSSR count). The van der Waals surface area contributed by atoms with Crippen LogP contribution in [0.1, 0.15) is 36.0 Å². The molecule has 8 heteroatoms. The number of rotatable bonds is 4. The zero-order chi connectivity index (χ0) is 18.1. The van der Waals surface area contributed by atoms with Crippen LogP contribution in [0.3, 0.4) is 0 Å². The normalized spacial score (nSPS) is 17.0. The van der Waals surface area contributed by atoms with Crippen molar-refractivity contribution in [3.8, 4) is 11.4 Å². The summed E-state index contributed by atoms with van der Waals surface area (Å²) in [6.07, 6.45) is 8.72. The average Bonchev–Trinajstić information content (AvgIpc) is 3.37. The molecule has 0 saturated carbocycles. The lowest BCUT2D eigenvalue weighted by molar-refractivity contribution is -0.132. The highest BCUT2D eigenvalue weighted by atomic mass is 16.5. The van der Waals surface area contributed by atoms with Crippen LogP contribution >= 0.6 is 0 Å². The summed E-state index contributed by atoms with van der Waals surface area (Å²) in [4.78, 5) is 27.7. The van der Waals surface area contributed by atoms with Crippen molar-refractivity contribution in [3.05, 3.63) is 48.1 Å². The minimum absolute atomic E-state index is 0.0340. The summed E-state index contributed by atoms with van der Waals surface area (Å²) < 4.78 is 7.01. The van der Waals surface area contributed by atoms with E-state index in [1.54, 1.807) is 29.5 Å². The van der Waals surface area contributed by atoms with Gasteiger partial charge in [-0.15, -0.1) is 0 Å². The molecule has 0 unspecified atom stereocenters. The Labute approximate surface area is 150 Å². The number of hydrogen-bond acceptors (Lipinski definition) is 6. The molecule has 4 heterocycles. The van der Waals surface area contributed by atoms with E-state index in [0.717, 1.165) is 36.3 Å². The first-order valence-electron chi connectivity index (χ1n) is 8.65. The van der Waals surface area contributed by atoms with E-state index in [-0.39, 0.29) is 18.5 Å². The predicted molar refractivity (Wildman–Crippen MR) is 92.9 cm³/mol. The fourth-order valence-electron chi connectivity index (χ4n) is 3.48. The molecule has 134 valence electrons. The molecule has 3 aromatic heterocycles. The molecule has 1 atom stereocenters. The van der Waals surface area contributed by atoms with Gasteiger partial charge in [0.05, 0.1) is 29.3 Å². The van der Waals surface area contributed by atoms with Crippen LogP contribution in [0.2, 0.25) is 0 Å². The van der Waals surface area contributed by atoms with Crippen LogP contribution < -0.4 is 0 Å². The van der Waals surface area contributed by atoms with Crippen molar-refractivity contribution in [3.63, 3.8) is 0 Å². The van der Waals surface area contributed by atoms with Crippen LogP contribution in [0, 0.1) is 13.8 Å². The van der Waals surface area contributed by atoms with Crippen LogP contribution in [0.5, 0.6) is 0 Å². The highest BCUT2D eigenvalue weighted by Gasteiger charge is 2.31. The number of imidazole rings is 1. The molecule has 1 amide bonds. The fraction of sp³-hybridized carbons (Fsp3) is 0.389. The number of likely N-dealkylation sites (tertiary alicyclic amines) is 1. The third kappa shape index (κ3) is 2.98. The minimum Gasteiger partial charge on any atom is -0.361 e.